The number of pyridine rings is 1. The highest BCUT2D eigenvalue weighted by molar-refractivity contribution is 7.84. The van der Waals surface area contributed by atoms with Crippen molar-refractivity contribution in [3.8, 4) is 5.75 Å². The molecule has 3 aromatic rings. The number of rotatable bonds is 5. The third-order valence-corrected chi connectivity index (χ3v) is 4.66. The van der Waals surface area contributed by atoms with Crippen molar-refractivity contribution in [1.82, 2.24) is 15.0 Å². The Kier molecular flexibility index (Phi) is 6.01. The van der Waals surface area contributed by atoms with E-state index in [0.717, 1.165) is 5.52 Å². The summed E-state index contributed by atoms with van der Waals surface area (Å²) < 4.78 is 54.2. The Balaban J connectivity index is 0.00000243. The molecule has 0 fully saturated rings. The average molecular weight is 385 g/mol. The van der Waals surface area contributed by atoms with Gasteiger partial charge in [-0.2, -0.15) is 13.2 Å². The molecule has 1 N–H and O–H groups in total. The first-order chi connectivity index (χ1) is 11.8. The molecule has 0 radical (unpaired) electrons. The van der Waals surface area contributed by atoms with Gasteiger partial charge in [0.15, 0.2) is 11.8 Å². The van der Waals surface area contributed by atoms with Crippen LogP contribution < -0.4 is 4.74 Å². The van der Waals surface area contributed by atoms with E-state index in [1.54, 1.807) is 13.0 Å². The molecule has 0 saturated heterocycles. The van der Waals surface area contributed by atoms with E-state index in [1.807, 2.05) is 18.2 Å². The lowest BCUT2D eigenvalue weighted by atomic mass is 10.2. The topological polar surface area (TPSA) is 67.9 Å². The highest BCUT2D eigenvalue weighted by atomic mass is 32.2. The van der Waals surface area contributed by atoms with E-state index < -0.39 is 23.6 Å². The van der Waals surface area contributed by atoms with E-state index in [2.05, 4.69) is 15.0 Å². The van der Waals surface area contributed by atoms with Crippen molar-refractivity contribution in [1.29, 1.82) is 0 Å². The van der Waals surface area contributed by atoms with Gasteiger partial charge in [-0.25, -0.2) is 4.98 Å². The zero-order chi connectivity index (χ0) is 18.0. The minimum absolute atomic E-state index is 0. The smallest absolute Gasteiger partial charge is 0.422 e. The highest BCUT2D eigenvalue weighted by Gasteiger charge is 2.29. The number of hydrogen-bond donors (Lipinski definition) is 1. The van der Waals surface area contributed by atoms with Crippen LogP contribution in [0.25, 0.3) is 11.0 Å². The summed E-state index contributed by atoms with van der Waals surface area (Å²) in [5.74, 6) is 0.0958. The van der Waals surface area contributed by atoms with E-state index in [1.165, 1.54) is 12.3 Å². The monoisotopic (exact) mass is 385 g/mol. The predicted molar refractivity (Wildman–Crippen MR) is 93.5 cm³/mol. The van der Waals surface area contributed by atoms with Gasteiger partial charge in [-0.1, -0.05) is 19.6 Å². The van der Waals surface area contributed by atoms with Gasteiger partial charge in [-0.15, -0.1) is 0 Å². The molecule has 3 rings (SSSR count). The number of fused-ring (bicyclic) bond motifs is 1. The van der Waals surface area contributed by atoms with Crippen LogP contribution in [0.4, 0.5) is 13.2 Å². The Morgan fingerprint density at radius 1 is 1.23 bits per heavy atom. The van der Waals surface area contributed by atoms with E-state index in [-0.39, 0.29) is 18.9 Å². The van der Waals surface area contributed by atoms with Crippen molar-refractivity contribution < 1.29 is 22.1 Å². The van der Waals surface area contributed by atoms with Gasteiger partial charge in [0.25, 0.3) is 0 Å². The lowest BCUT2D eigenvalue weighted by molar-refractivity contribution is -0.153. The number of nitrogens with one attached hydrogen (secondary N) is 1. The molecule has 1 atom stereocenters. The molecule has 0 aliphatic rings. The standard InChI is InChI=1S/C16H14F3N3O2S.CH4/c1-10-13(20-7-6-14(10)24-9-16(17,18)19)8-25(23)15-21-11-4-2-3-5-12(11)22-15;/h2-7H,8-9H2,1H3,(H,21,22);1H4. The van der Waals surface area contributed by atoms with Crippen LogP contribution in [0.5, 0.6) is 5.75 Å². The number of para-hydroxylation sites is 2. The molecule has 1 unspecified atom stereocenters. The Hall–Kier alpha value is -2.42. The maximum absolute atomic E-state index is 12.5. The van der Waals surface area contributed by atoms with Crippen molar-refractivity contribution in [2.45, 2.75) is 31.4 Å². The average Bonchev–Trinajstić information content (AvgIpc) is 2.99. The molecule has 2 aromatic heterocycles. The predicted octanol–water partition coefficient (Wildman–Crippen LogP) is 4.15. The number of H-pyrrole nitrogens is 1. The largest absolute Gasteiger partial charge is 0.484 e. The maximum Gasteiger partial charge on any atom is 0.422 e. The summed E-state index contributed by atoms with van der Waals surface area (Å²) in [4.78, 5) is 11.3. The van der Waals surface area contributed by atoms with Crippen molar-refractivity contribution in [3.05, 3.63) is 47.8 Å². The molecule has 26 heavy (non-hydrogen) atoms. The highest BCUT2D eigenvalue weighted by Crippen LogP contribution is 2.24. The molecular formula is C17H18F3N3O2S. The minimum atomic E-state index is -4.42. The van der Waals surface area contributed by atoms with Crippen molar-refractivity contribution >= 4 is 21.8 Å². The summed E-state index contributed by atoms with van der Waals surface area (Å²) in [5.41, 5.74) is 2.28. The quantitative estimate of drug-likeness (QED) is 0.716. The third kappa shape index (κ3) is 4.60. The zero-order valence-electron chi connectivity index (χ0n) is 13.1. The molecule has 0 amide bonds. The second-order valence-electron chi connectivity index (χ2n) is 5.33. The fourth-order valence-electron chi connectivity index (χ4n) is 2.25. The van der Waals surface area contributed by atoms with Gasteiger partial charge in [-0.3, -0.25) is 9.19 Å². The molecular weight excluding hydrogens is 367 g/mol. The lowest BCUT2D eigenvalue weighted by Crippen LogP contribution is -2.19. The van der Waals surface area contributed by atoms with Crippen molar-refractivity contribution in [2.75, 3.05) is 6.61 Å². The first-order valence-corrected chi connectivity index (χ1v) is 8.62. The number of imidazole rings is 1. The van der Waals surface area contributed by atoms with Gasteiger partial charge < -0.3 is 9.72 Å². The molecule has 2 heterocycles. The Bertz CT molecular complexity index is 892. The third-order valence-electron chi connectivity index (χ3n) is 3.50. The fourth-order valence-corrected chi connectivity index (χ4v) is 3.35. The summed E-state index contributed by atoms with van der Waals surface area (Å²) >= 11 is 0. The van der Waals surface area contributed by atoms with Crippen LogP contribution in [0.15, 0.2) is 41.7 Å². The number of halogens is 3. The van der Waals surface area contributed by atoms with Gasteiger partial charge in [0.2, 0.25) is 0 Å². The number of ether oxygens (including phenoxy) is 1. The molecule has 1 aromatic carbocycles. The van der Waals surface area contributed by atoms with Gasteiger partial charge >= 0.3 is 6.18 Å². The summed E-state index contributed by atoms with van der Waals surface area (Å²) in [6.07, 6.45) is -3.09. The minimum Gasteiger partial charge on any atom is -0.484 e. The van der Waals surface area contributed by atoms with Gasteiger partial charge in [0, 0.05) is 11.8 Å². The number of aromatic nitrogens is 3. The number of nitrogens with zero attached hydrogens (tertiary/aromatic N) is 2. The van der Waals surface area contributed by atoms with Crippen LogP contribution in [0.2, 0.25) is 0 Å². The van der Waals surface area contributed by atoms with Crippen LogP contribution in [0.3, 0.4) is 0 Å². The normalized spacial score (nSPS) is 12.6. The summed E-state index contributed by atoms with van der Waals surface area (Å²) in [6.45, 7) is 0.202. The second-order valence-corrected chi connectivity index (χ2v) is 6.70. The van der Waals surface area contributed by atoms with Crippen LogP contribution in [-0.4, -0.2) is 31.9 Å². The van der Waals surface area contributed by atoms with Crippen LogP contribution in [-0.2, 0) is 16.6 Å². The van der Waals surface area contributed by atoms with E-state index in [0.29, 0.717) is 21.9 Å². The Morgan fingerprint density at radius 2 is 1.96 bits per heavy atom. The van der Waals surface area contributed by atoms with Crippen LogP contribution in [0.1, 0.15) is 18.7 Å². The van der Waals surface area contributed by atoms with E-state index in [4.69, 9.17) is 4.74 Å². The first-order valence-electron chi connectivity index (χ1n) is 7.30. The molecule has 0 aliphatic carbocycles. The molecule has 5 nitrogen and oxygen atoms in total. The SMILES string of the molecule is C.Cc1c(OCC(F)(F)F)ccnc1CS(=O)c1nc2ccccc2[nH]1. The molecule has 0 bridgehead atoms. The molecule has 0 saturated carbocycles. The summed E-state index contributed by atoms with van der Waals surface area (Å²) in [5, 5.41) is 0.295. The van der Waals surface area contributed by atoms with Crippen molar-refractivity contribution in [2.24, 2.45) is 0 Å². The van der Waals surface area contributed by atoms with Gasteiger partial charge in [0.1, 0.15) is 5.75 Å². The van der Waals surface area contributed by atoms with E-state index in [9.17, 15) is 17.4 Å². The molecule has 0 aliphatic heterocycles. The van der Waals surface area contributed by atoms with Crippen LogP contribution >= 0.6 is 0 Å². The zero-order valence-corrected chi connectivity index (χ0v) is 13.9. The summed E-state index contributed by atoms with van der Waals surface area (Å²) in [7, 11) is -1.51. The summed E-state index contributed by atoms with van der Waals surface area (Å²) in [6, 6.07) is 8.62. The molecule has 0 spiro atoms. The Labute approximate surface area is 151 Å². The molecule has 140 valence electrons. The number of aromatic amines is 1. The second kappa shape index (κ2) is 7.86. The van der Waals surface area contributed by atoms with Gasteiger partial charge in [0.05, 0.1) is 33.3 Å². The number of alkyl halides is 3. The van der Waals surface area contributed by atoms with Crippen LogP contribution in [0, 0.1) is 6.92 Å². The first kappa shape index (κ1) is 19.9. The van der Waals surface area contributed by atoms with Crippen molar-refractivity contribution in [3.63, 3.8) is 0 Å². The lowest BCUT2D eigenvalue weighted by Gasteiger charge is -2.13. The number of benzene rings is 1. The fraction of sp³-hybridized carbons (Fsp3) is 0.294. The number of hydrogen-bond acceptors (Lipinski definition) is 4. The maximum atomic E-state index is 12.5. The van der Waals surface area contributed by atoms with E-state index >= 15 is 0 Å². The van der Waals surface area contributed by atoms with Gasteiger partial charge in [-0.05, 0) is 25.1 Å². The molecule has 9 heteroatoms. The Morgan fingerprint density at radius 3 is 2.65 bits per heavy atom.